The predicted octanol–water partition coefficient (Wildman–Crippen LogP) is 5.72. The molecule has 0 spiro atoms. The van der Waals surface area contributed by atoms with E-state index in [-0.39, 0.29) is 35.8 Å². The van der Waals surface area contributed by atoms with Crippen LogP contribution in [0.2, 0.25) is 0 Å². The van der Waals surface area contributed by atoms with E-state index in [4.69, 9.17) is 39.7 Å². The Hall–Kier alpha value is -4.42. The molecule has 6 rings (SSSR count). The van der Waals surface area contributed by atoms with Crippen LogP contribution in [-0.2, 0) is 36.3 Å². The third-order valence-corrected chi connectivity index (χ3v) is 16.7. The van der Waals surface area contributed by atoms with Crippen LogP contribution in [0.4, 0.5) is 11.5 Å². The number of nitrogens with two attached hydrogens (primary N) is 2. The van der Waals surface area contributed by atoms with Gasteiger partial charge in [0.1, 0.15) is 35.4 Å². The standard InChI is InChI=1S/C39H47N6O17P3S2/c1-6-42-28-15-30-26(12-21(28)3)35(25-11-20(2)27(40)14-29(25)59-30)23-8-7-22(13-24(23)37(47)48)36(46)43-18-39(4,5)67-66-19-57-31-16-34(45-10-9-33(41)44-38(45)49)60-32(31)17-58-64(53,54)62-65(55,56)61-63(50,51)52/h7-15,31-32,34H,6,16-19,40H2,1-5H3,(H,43,46)(H,47,48)(H,53,54)(H,55,56)(H2,41,44,49)(H2,50,51,52)/t31-,32-,34-/m1/s1. The van der Waals surface area contributed by atoms with Gasteiger partial charge in [0.05, 0.1) is 23.6 Å². The lowest BCUT2D eigenvalue weighted by Crippen LogP contribution is -2.36. The number of anilines is 2. The van der Waals surface area contributed by atoms with Crippen molar-refractivity contribution in [2.24, 2.45) is 4.99 Å². The Bertz CT molecular complexity index is 2960. The average molecular weight is 1030 g/mol. The predicted molar refractivity (Wildman–Crippen MR) is 248 cm³/mol. The third-order valence-electron chi connectivity index (χ3n) is 9.98. The molecule has 5 atom stereocenters. The van der Waals surface area contributed by atoms with Crippen LogP contribution < -0.4 is 27.8 Å². The summed E-state index contributed by atoms with van der Waals surface area (Å²) in [5, 5.41) is 14.8. The Morgan fingerprint density at radius 2 is 1.73 bits per heavy atom. The number of carbonyl (C=O) groups is 2. The first-order valence-corrected chi connectivity index (χ1v) is 26.7. The summed E-state index contributed by atoms with van der Waals surface area (Å²) in [6.45, 7) is 9.15. The number of nitrogen functional groups attached to an aromatic ring is 2. The van der Waals surface area contributed by atoms with Gasteiger partial charge in [0, 0.05) is 70.4 Å². The van der Waals surface area contributed by atoms with Crippen LogP contribution in [0.5, 0.6) is 0 Å². The maximum absolute atomic E-state index is 13.6. The van der Waals surface area contributed by atoms with Gasteiger partial charge in [-0.2, -0.15) is 13.6 Å². The summed E-state index contributed by atoms with van der Waals surface area (Å²) in [5.74, 6) is -1.43. The molecule has 3 aromatic rings. The summed E-state index contributed by atoms with van der Waals surface area (Å²) in [7, 11) is -14.4. The van der Waals surface area contributed by atoms with E-state index < -0.39 is 70.8 Å². The Kier molecular flexibility index (Phi) is 16.0. The smallest absolute Gasteiger partial charge is 0.478 e. The normalized spacial score (nSPS) is 18.8. The summed E-state index contributed by atoms with van der Waals surface area (Å²) in [6, 6.07) is 13.0. The second-order valence-corrected chi connectivity index (χ2v) is 23.0. The number of carboxylic acids is 1. The van der Waals surface area contributed by atoms with Crippen LogP contribution in [0.15, 0.2) is 68.9 Å². The molecule has 1 aromatic heterocycles. The molecule has 23 nitrogen and oxygen atoms in total. The van der Waals surface area contributed by atoms with E-state index in [0.29, 0.717) is 45.7 Å². The van der Waals surface area contributed by atoms with Gasteiger partial charge >= 0.3 is 35.1 Å². The molecule has 1 amide bonds. The highest BCUT2D eigenvalue weighted by Gasteiger charge is 2.44. The van der Waals surface area contributed by atoms with Gasteiger partial charge < -0.3 is 55.4 Å². The molecule has 67 heavy (non-hydrogen) atoms. The molecule has 10 N–H and O–H groups in total. The van der Waals surface area contributed by atoms with Crippen molar-refractivity contribution < 1.29 is 75.0 Å². The number of phosphoric acid groups is 3. The molecule has 2 aliphatic heterocycles. The summed E-state index contributed by atoms with van der Waals surface area (Å²) in [4.78, 5) is 84.5. The maximum Gasteiger partial charge on any atom is 0.490 e. The van der Waals surface area contributed by atoms with E-state index in [0.717, 1.165) is 21.1 Å². The highest BCUT2D eigenvalue weighted by Crippen LogP contribution is 2.66. The van der Waals surface area contributed by atoms with E-state index in [9.17, 15) is 43.0 Å². The minimum absolute atomic E-state index is 0.0339. The fraction of sp³-hybridized carbons (Fsp3) is 0.359. The van der Waals surface area contributed by atoms with Gasteiger partial charge in [-0.25, -0.2) is 23.3 Å². The van der Waals surface area contributed by atoms with Gasteiger partial charge in [0.2, 0.25) is 0 Å². The fourth-order valence-corrected chi connectivity index (χ4v) is 12.2. The van der Waals surface area contributed by atoms with E-state index >= 15 is 0 Å². The molecule has 0 saturated carbocycles. The van der Waals surface area contributed by atoms with Crippen LogP contribution in [0.3, 0.4) is 0 Å². The molecule has 28 heteroatoms. The molecule has 0 bridgehead atoms. The van der Waals surface area contributed by atoms with Crippen molar-refractivity contribution in [1.29, 1.82) is 0 Å². The van der Waals surface area contributed by atoms with Crippen molar-refractivity contribution in [1.82, 2.24) is 14.9 Å². The molecular formula is C39H47N6O17P3S2. The number of phosphoric ester groups is 1. The lowest BCUT2D eigenvalue weighted by molar-refractivity contribution is -0.0543. The number of aryl methyl sites for hydroxylation is 2. The van der Waals surface area contributed by atoms with Gasteiger partial charge in [0.25, 0.3) is 5.91 Å². The molecule has 2 aromatic carbocycles. The van der Waals surface area contributed by atoms with E-state index in [1.165, 1.54) is 39.9 Å². The summed E-state index contributed by atoms with van der Waals surface area (Å²) >= 11 is 0. The number of aromatic carboxylic acids is 1. The van der Waals surface area contributed by atoms with Crippen LogP contribution in [-0.4, -0.2) is 88.7 Å². The zero-order chi connectivity index (χ0) is 49.2. The van der Waals surface area contributed by atoms with E-state index in [2.05, 4.69) is 23.9 Å². The largest absolute Gasteiger partial charge is 0.490 e. The summed E-state index contributed by atoms with van der Waals surface area (Å²) in [6.07, 6.45) is -1.96. The van der Waals surface area contributed by atoms with Crippen LogP contribution in [0.25, 0.3) is 33.4 Å². The zero-order valence-corrected chi connectivity index (χ0v) is 40.6. The molecular weight excluding hydrogens is 982 g/mol. The highest BCUT2D eigenvalue weighted by molar-refractivity contribution is 8.77. The first kappa shape index (κ1) is 52.0. The minimum Gasteiger partial charge on any atom is -0.478 e. The number of amides is 1. The number of carboxylic acid groups (broad SMARTS) is 1. The molecule has 3 aliphatic rings. The second-order valence-electron chi connectivity index (χ2n) is 15.6. The maximum atomic E-state index is 13.6. The SMILES string of the molecule is CCN=c1cc2oc3cc(N)c(C)cc3c(-c3ccc(C(=O)NCC(C)(C)SSCO[C@@H]4C[C@H](n5ccc(N)nc5=O)O[C@@H]4COP(=O)(O)OP(=O)(O)OP(=O)(O)O)cc3C(=O)O)c-2cc1C. The van der Waals surface area contributed by atoms with Crippen molar-refractivity contribution in [2.75, 3.05) is 37.1 Å². The van der Waals surface area contributed by atoms with Crippen molar-refractivity contribution in [3.05, 3.63) is 92.8 Å². The monoisotopic (exact) mass is 1030 g/mol. The molecule has 2 unspecified atom stereocenters. The van der Waals surface area contributed by atoms with Crippen LogP contribution in [0.1, 0.15) is 65.3 Å². The summed E-state index contributed by atoms with van der Waals surface area (Å²) < 4.78 is 66.2. The molecule has 1 fully saturated rings. The molecule has 0 radical (unpaired) electrons. The Morgan fingerprint density at radius 3 is 2.40 bits per heavy atom. The first-order valence-electron chi connectivity index (χ1n) is 19.9. The number of aromatic nitrogens is 2. The quantitative estimate of drug-likeness (QED) is 0.0122. The molecule has 1 aliphatic carbocycles. The van der Waals surface area contributed by atoms with Gasteiger partial charge in [-0.05, 0) is 81.6 Å². The third kappa shape index (κ3) is 13.2. The lowest BCUT2D eigenvalue weighted by atomic mass is 9.88. The second kappa shape index (κ2) is 20.7. The van der Waals surface area contributed by atoms with Gasteiger partial charge in [-0.3, -0.25) is 18.9 Å². The number of rotatable bonds is 19. The Morgan fingerprint density at radius 1 is 1.00 bits per heavy atom. The number of hydrogen-bond donors (Lipinski definition) is 8. The average Bonchev–Trinajstić information content (AvgIpc) is 3.62. The van der Waals surface area contributed by atoms with Gasteiger partial charge in [-0.15, -0.1) is 0 Å². The lowest BCUT2D eigenvalue weighted by Gasteiger charge is -2.25. The molecule has 3 heterocycles. The minimum atomic E-state index is -5.80. The van der Waals surface area contributed by atoms with Crippen molar-refractivity contribution >= 4 is 79.4 Å². The number of nitrogens with zero attached hydrogens (tertiary/aromatic N) is 3. The van der Waals surface area contributed by atoms with Crippen LogP contribution in [0, 0.1) is 13.8 Å². The Balaban J connectivity index is 1.13. The highest BCUT2D eigenvalue weighted by atomic mass is 33.1. The van der Waals surface area contributed by atoms with Crippen molar-refractivity contribution in [3.8, 4) is 22.5 Å². The number of carbonyl (C=O) groups excluding carboxylic acids is 1. The van der Waals surface area contributed by atoms with Crippen molar-refractivity contribution in [2.45, 2.75) is 64.2 Å². The fourth-order valence-electron chi connectivity index (χ4n) is 6.95. The topological polar surface area (TPSA) is 357 Å². The van der Waals surface area contributed by atoms with E-state index in [1.54, 1.807) is 18.2 Å². The van der Waals surface area contributed by atoms with Gasteiger partial charge in [-0.1, -0.05) is 27.7 Å². The summed E-state index contributed by atoms with van der Waals surface area (Å²) in [5.41, 5.74) is 15.2. The number of benzene rings is 3. The zero-order valence-electron chi connectivity index (χ0n) is 36.3. The first-order chi connectivity index (χ1) is 31.2. The molecule has 1 saturated heterocycles. The molecule has 362 valence electrons. The van der Waals surface area contributed by atoms with Crippen LogP contribution >= 0.6 is 45.1 Å². The Labute approximate surface area is 389 Å². The number of fused-ring (bicyclic) bond motifs is 2. The number of ether oxygens (including phenoxy) is 2. The van der Waals surface area contributed by atoms with E-state index in [1.807, 2.05) is 52.8 Å². The van der Waals surface area contributed by atoms with Gasteiger partial charge in [0.15, 0.2) is 0 Å². The van der Waals surface area contributed by atoms with Crippen molar-refractivity contribution in [3.63, 3.8) is 0 Å². The number of nitrogens with one attached hydrogen (secondary N) is 1. The number of hydrogen-bond acceptors (Lipinski definition) is 18.